The lowest BCUT2D eigenvalue weighted by atomic mass is 10.5. The molecule has 6 heavy (non-hydrogen) atoms. The van der Waals surface area contributed by atoms with Crippen LogP contribution in [0.2, 0.25) is 0 Å². The van der Waals surface area contributed by atoms with Crippen molar-refractivity contribution in [2.45, 2.75) is 12.3 Å². The molecule has 0 rings (SSSR count). The van der Waals surface area contributed by atoms with Gasteiger partial charge in [0.15, 0.2) is 0 Å². The van der Waals surface area contributed by atoms with Crippen molar-refractivity contribution < 1.29 is 0 Å². The molecule has 0 aromatic heterocycles. The molecule has 0 amide bonds. The van der Waals surface area contributed by atoms with Crippen LogP contribution in [0.25, 0.3) is 0 Å². The van der Waals surface area contributed by atoms with Gasteiger partial charge in [0.05, 0.1) is 5.37 Å². The molecule has 1 unspecified atom stereocenters. The number of hydrogen-bond acceptors (Lipinski definition) is 2. The largest absolute Gasteiger partial charge is 0.316 e. The van der Waals surface area contributed by atoms with Crippen molar-refractivity contribution in [1.82, 2.24) is 0 Å². The Morgan fingerprint density at radius 2 is 2.33 bits per heavy atom. The second-order valence-electron chi connectivity index (χ2n) is 1.02. The van der Waals surface area contributed by atoms with Crippen LogP contribution in [0.15, 0.2) is 12.2 Å². The summed E-state index contributed by atoms with van der Waals surface area (Å²) in [5, 5.41) is -0.0880. The van der Waals surface area contributed by atoms with Crippen LogP contribution in [-0.4, -0.2) is 5.37 Å². The van der Waals surface area contributed by atoms with Gasteiger partial charge in [0.2, 0.25) is 0 Å². The van der Waals surface area contributed by atoms with Crippen molar-refractivity contribution in [3.8, 4) is 0 Å². The quantitative estimate of drug-likeness (QED) is 0.286. The van der Waals surface area contributed by atoms with E-state index in [4.69, 9.17) is 5.73 Å². The van der Waals surface area contributed by atoms with E-state index in [1.165, 1.54) is 0 Å². The van der Waals surface area contributed by atoms with Crippen molar-refractivity contribution in [1.29, 1.82) is 0 Å². The Hall–Kier alpha value is 0.0500. The predicted molar refractivity (Wildman–Crippen MR) is 31.8 cm³/mol. The molecule has 2 N–H and O–H groups in total. The maximum Gasteiger partial charge on any atom is 0.0664 e. The van der Waals surface area contributed by atoms with Gasteiger partial charge in [-0.05, 0) is 6.92 Å². The minimum Gasteiger partial charge on any atom is -0.316 e. The van der Waals surface area contributed by atoms with Crippen LogP contribution < -0.4 is 5.73 Å². The fraction of sp³-hybridized carbons (Fsp3) is 0.500. The smallest absolute Gasteiger partial charge is 0.0664 e. The Morgan fingerprint density at radius 3 is 2.33 bits per heavy atom. The van der Waals surface area contributed by atoms with E-state index in [0.717, 1.165) is 0 Å². The average Bonchev–Trinajstić information content (AvgIpc) is 1.35. The Balaban J connectivity index is 3.03. The molecule has 0 saturated heterocycles. The number of hydrogen-bond donors (Lipinski definition) is 2. The Labute approximate surface area is 43.6 Å². The fourth-order valence-corrected chi connectivity index (χ4v) is 0.369. The zero-order valence-electron chi connectivity index (χ0n) is 3.76. The van der Waals surface area contributed by atoms with Crippen LogP contribution in [-0.2, 0) is 0 Å². The molecule has 0 fully saturated rings. The SMILES string of the molecule is CC=CC(N)S. The summed E-state index contributed by atoms with van der Waals surface area (Å²) in [5.74, 6) is 0. The molecule has 0 bridgehead atoms. The Bertz CT molecular complexity index is 49.5. The second kappa shape index (κ2) is 3.25. The van der Waals surface area contributed by atoms with Gasteiger partial charge < -0.3 is 5.73 Å². The molecular weight excluding hydrogens is 94.1 g/mol. The third-order valence-electron chi connectivity index (χ3n) is 0.390. The van der Waals surface area contributed by atoms with E-state index >= 15 is 0 Å². The van der Waals surface area contributed by atoms with Gasteiger partial charge in [0, 0.05) is 0 Å². The van der Waals surface area contributed by atoms with Gasteiger partial charge in [0.25, 0.3) is 0 Å². The molecule has 0 aromatic rings. The molecule has 0 radical (unpaired) electrons. The maximum atomic E-state index is 5.18. The first-order valence-electron chi connectivity index (χ1n) is 1.84. The molecule has 36 valence electrons. The third kappa shape index (κ3) is 4.05. The van der Waals surface area contributed by atoms with Crippen LogP contribution in [0.3, 0.4) is 0 Å². The van der Waals surface area contributed by atoms with E-state index in [2.05, 4.69) is 12.6 Å². The molecule has 0 saturated carbocycles. The lowest BCUT2D eigenvalue weighted by Crippen LogP contribution is -2.06. The topological polar surface area (TPSA) is 26.0 Å². The molecule has 2 heteroatoms. The molecule has 0 aliphatic heterocycles. The zero-order chi connectivity index (χ0) is 4.99. The highest BCUT2D eigenvalue weighted by atomic mass is 32.1. The van der Waals surface area contributed by atoms with Crippen LogP contribution in [0.1, 0.15) is 6.92 Å². The molecule has 0 spiro atoms. The van der Waals surface area contributed by atoms with Gasteiger partial charge in [-0.2, -0.15) is 12.6 Å². The number of allylic oxidation sites excluding steroid dienone is 1. The van der Waals surface area contributed by atoms with Crippen molar-refractivity contribution in [2.24, 2.45) is 5.73 Å². The first-order chi connectivity index (χ1) is 2.77. The molecule has 0 aliphatic carbocycles. The fourth-order valence-electron chi connectivity index (χ4n) is 0.197. The summed E-state index contributed by atoms with van der Waals surface area (Å²) in [4.78, 5) is 0. The van der Waals surface area contributed by atoms with Gasteiger partial charge in [0.1, 0.15) is 0 Å². The van der Waals surface area contributed by atoms with Crippen molar-refractivity contribution in [3.05, 3.63) is 12.2 Å². The Kier molecular flexibility index (Phi) is 3.28. The molecule has 0 heterocycles. The Morgan fingerprint density at radius 1 is 1.83 bits per heavy atom. The van der Waals surface area contributed by atoms with Crippen LogP contribution in [0, 0.1) is 0 Å². The molecule has 1 nitrogen and oxygen atoms in total. The lowest BCUT2D eigenvalue weighted by Gasteiger charge is -1.87. The highest BCUT2D eigenvalue weighted by Gasteiger charge is 1.76. The van der Waals surface area contributed by atoms with Gasteiger partial charge in [-0.1, -0.05) is 12.2 Å². The van der Waals surface area contributed by atoms with Crippen LogP contribution in [0.5, 0.6) is 0 Å². The normalized spacial score (nSPS) is 15.8. The van der Waals surface area contributed by atoms with E-state index < -0.39 is 0 Å². The standard InChI is InChI=1S/C4H9NS/c1-2-3-4(5)6/h2-4,6H,5H2,1H3. The van der Waals surface area contributed by atoms with E-state index in [0.29, 0.717) is 0 Å². The van der Waals surface area contributed by atoms with E-state index in [1.54, 1.807) is 0 Å². The monoisotopic (exact) mass is 103 g/mol. The minimum absolute atomic E-state index is 0.0880. The lowest BCUT2D eigenvalue weighted by molar-refractivity contribution is 1.17. The third-order valence-corrected chi connectivity index (χ3v) is 0.562. The highest BCUT2D eigenvalue weighted by molar-refractivity contribution is 7.81. The second-order valence-corrected chi connectivity index (χ2v) is 1.61. The summed E-state index contributed by atoms with van der Waals surface area (Å²) in [6.07, 6.45) is 3.68. The highest BCUT2D eigenvalue weighted by Crippen LogP contribution is 1.83. The number of rotatable bonds is 1. The van der Waals surface area contributed by atoms with E-state index in [9.17, 15) is 0 Å². The van der Waals surface area contributed by atoms with Gasteiger partial charge in [-0.25, -0.2) is 0 Å². The summed E-state index contributed by atoms with van der Waals surface area (Å²) in [5.41, 5.74) is 5.18. The summed E-state index contributed by atoms with van der Waals surface area (Å²) in [6, 6.07) is 0. The maximum absolute atomic E-state index is 5.18. The number of nitrogens with two attached hydrogens (primary N) is 1. The van der Waals surface area contributed by atoms with Crippen molar-refractivity contribution in [2.75, 3.05) is 0 Å². The van der Waals surface area contributed by atoms with E-state index in [-0.39, 0.29) is 5.37 Å². The summed E-state index contributed by atoms with van der Waals surface area (Å²) in [6.45, 7) is 1.91. The van der Waals surface area contributed by atoms with Crippen LogP contribution >= 0.6 is 12.6 Å². The summed E-state index contributed by atoms with van der Waals surface area (Å²) < 4.78 is 0. The first kappa shape index (κ1) is 6.05. The van der Waals surface area contributed by atoms with Gasteiger partial charge >= 0.3 is 0 Å². The first-order valence-corrected chi connectivity index (χ1v) is 2.35. The predicted octanol–water partition coefficient (Wildman–Crippen LogP) is 0.777. The average molecular weight is 103 g/mol. The summed E-state index contributed by atoms with van der Waals surface area (Å²) >= 11 is 3.87. The molecule has 0 aliphatic rings. The molecule has 1 atom stereocenters. The van der Waals surface area contributed by atoms with E-state index in [1.807, 2.05) is 19.1 Å². The van der Waals surface area contributed by atoms with Crippen molar-refractivity contribution >= 4 is 12.6 Å². The van der Waals surface area contributed by atoms with Crippen LogP contribution in [0.4, 0.5) is 0 Å². The minimum atomic E-state index is -0.0880. The zero-order valence-corrected chi connectivity index (χ0v) is 4.65. The number of thiol groups is 1. The molecule has 0 aromatic carbocycles. The summed E-state index contributed by atoms with van der Waals surface area (Å²) in [7, 11) is 0. The van der Waals surface area contributed by atoms with Gasteiger partial charge in [-0.15, -0.1) is 0 Å². The van der Waals surface area contributed by atoms with Gasteiger partial charge in [-0.3, -0.25) is 0 Å². The molecular formula is C4H9NS. The van der Waals surface area contributed by atoms with Crippen molar-refractivity contribution in [3.63, 3.8) is 0 Å².